The Morgan fingerprint density at radius 2 is 2.09 bits per heavy atom. The molecule has 2 N–H and O–H groups in total. The highest BCUT2D eigenvalue weighted by molar-refractivity contribution is 5.85. The van der Waals surface area contributed by atoms with Gasteiger partial charge in [0.1, 0.15) is 12.0 Å². The number of pyridine rings is 1. The predicted molar refractivity (Wildman–Crippen MR) is 123 cm³/mol. The molecule has 0 radical (unpaired) electrons. The van der Waals surface area contributed by atoms with Crippen LogP contribution in [0.25, 0.3) is 22.6 Å². The summed E-state index contributed by atoms with van der Waals surface area (Å²) in [6.45, 7) is 4.67. The van der Waals surface area contributed by atoms with Gasteiger partial charge in [-0.25, -0.2) is 19.3 Å². The molecule has 1 atom stereocenters. The molecule has 1 aromatic carbocycles. The van der Waals surface area contributed by atoms with Gasteiger partial charge in [0.15, 0.2) is 22.8 Å². The Hall–Kier alpha value is -3.59. The summed E-state index contributed by atoms with van der Waals surface area (Å²) in [5.74, 6) is 0.274. The van der Waals surface area contributed by atoms with Crippen molar-refractivity contribution < 1.29 is 9.13 Å². The van der Waals surface area contributed by atoms with Crippen LogP contribution in [0.15, 0.2) is 41.5 Å². The van der Waals surface area contributed by atoms with Crippen molar-refractivity contribution in [1.29, 1.82) is 0 Å². The summed E-state index contributed by atoms with van der Waals surface area (Å²) >= 11 is 0. The third kappa shape index (κ3) is 4.11. The van der Waals surface area contributed by atoms with Gasteiger partial charge < -0.3 is 15.0 Å². The summed E-state index contributed by atoms with van der Waals surface area (Å²) in [5.41, 5.74) is 3.54. The number of anilines is 1. The fraction of sp³-hybridized carbons (Fsp3) is 0.333. The molecular formula is C24H25FN6O2. The van der Waals surface area contributed by atoms with Gasteiger partial charge in [-0.2, -0.15) is 0 Å². The zero-order chi connectivity index (χ0) is 22.9. The number of aryl methyl sites for hydroxylation is 2. The maximum atomic E-state index is 14.6. The molecule has 4 heterocycles. The van der Waals surface area contributed by atoms with Crippen LogP contribution in [-0.2, 0) is 11.3 Å². The number of ether oxygens (including phenoxy) is 1. The first kappa shape index (κ1) is 21.3. The van der Waals surface area contributed by atoms with Crippen molar-refractivity contribution in [3.05, 3.63) is 69.7 Å². The molecule has 0 spiro atoms. The molecule has 0 aliphatic carbocycles. The van der Waals surface area contributed by atoms with Gasteiger partial charge in [-0.3, -0.25) is 9.36 Å². The summed E-state index contributed by atoms with van der Waals surface area (Å²) in [4.78, 5) is 29.1. The summed E-state index contributed by atoms with van der Waals surface area (Å²) in [6.07, 6.45) is 4.44. The summed E-state index contributed by atoms with van der Waals surface area (Å²) in [5, 5.41) is 3.24. The number of benzene rings is 1. The van der Waals surface area contributed by atoms with E-state index in [2.05, 4.69) is 25.3 Å². The Balaban J connectivity index is 1.60. The second-order valence-corrected chi connectivity index (χ2v) is 8.32. The SMILES string of the molecule is Cc1cc(C)c(CNc2nc(-c3ccccc3F)nc3c2ncn3C2CCCCO2)c(=O)[nH]1. The maximum Gasteiger partial charge on any atom is 0.253 e. The molecular weight excluding hydrogens is 423 g/mol. The van der Waals surface area contributed by atoms with Gasteiger partial charge in [0.05, 0.1) is 11.9 Å². The Labute approximate surface area is 189 Å². The average molecular weight is 449 g/mol. The molecule has 1 aliphatic heterocycles. The number of H-pyrrole nitrogens is 1. The normalized spacial score (nSPS) is 16.3. The van der Waals surface area contributed by atoms with Crippen molar-refractivity contribution in [3.63, 3.8) is 0 Å². The molecule has 0 bridgehead atoms. The number of hydrogen-bond acceptors (Lipinski definition) is 6. The molecule has 1 unspecified atom stereocenters. The number of hydrogen-bond donors (Lipinski definition) is 2. The highest BCUT2D eigenvalue weighted by Gasteiger charge is 2.22. The highest BCUT2D eigenvalue weighted by Crippen LogP contribution is 2.30. The van der Waals surface area contributed by atoms with Crippen molar-refractivity contribution in [2.24, 2.45) is 0 Å². The van der Waals surface area contributed by atoms with Gasteiger partial charge in [-0.05, 0) is 56.9 Å². The summed E-state index contributed by atoms with van der Waals surface area (Å²) in [6, 6.07) is 8.33. The lowest BCUT2D eigenvalue weighted by atomic mass is 10.1. The molecule has 1 aliphatic rings. The fourth-order valence-electron chi connectivity index (χ4n) is 4.23. The molecule has 8 nitrogen and oxygen atoms in total. The summed E-state index contributed by atoms with van der Waals surface area (Å²) < 4.78 is 22.4. The van der Waals surface area contributed by atoms with E-state index in [0.717, 1.165) is 30.5 Å². The molecule has 5 rings (SSSR count). The van der Waals surface area contributed by atoms with Gasteiger partial charge in [0.2, 0.25) is 0 Å². The van der Waals surface area contributed by atoms with Gasteiger partial charge in [-0.1, -0.05) is 12.1 Å². The van der Waals surface area contributed by atoms with E-state index in [0.29, 0.717) is 34.7 Å². The minimum absolute atomic E-state index is 0.152. The van der Waals surface area contributed by atoms with Crippen LogP contribution in [0.1, 0.15) is 42.3 Å². The van der Waals surface area contributed by atoms with E-state index in [1.54, 1.807) is 24.5 Å². The monoisotopic (exact) mass is 448 g/mol. The molecule has 1 saturated heterocycles. The highest BCUT2D eigenvalue weighted by atomic mass is 19.1. The van der Waals surface area contributed by atoms with Gasteiger partial charge in [0, 0.05) is 24.4 Å². The van der Waals surface area contributed by atoms with E-state index in [1.807, 2.05) is 24.5 Å². The van der Waals surface area contributed by atoms with E-state index in [9.17, 15) is 9.18 Å². The van der Waals surface area contributed by atoms with Crippen molar-refractivity contribution in [1.82, 2.24) is 24.5 Å². The molecule has 170 valence electrons. The number of halogens is 1. The van der Waals surface area contributed by atoms with Crippen molar-refractivity contribution in [3.8, 4) is 11.4 Å². The topological polar surface area (TPSA) is 97.7 Å². The van der Waals surface area contributed by atoms with E-state index in [1.165, 1.54) is 6.07 Å². The Morgan fingerprint density at radius 3 is 2.85 bits per heavy atom. The Morgan fingerprint density at radius 1 is 1.24 bits per heavy atom. The quantitative estimate of drug-likeness (QED) is 0.474. The zero-order valence-corrected chi connectivity index (χ0v) is 18.6. The Kier molecular flexibility index (Phi) is 5.63. The van der Waals surface area contributed by atoms with Crippen LogP contribution in [0, 0.1) is 19.7 Å². The molecule has 3 aromatic heterocycles. The van der Waals surface area contributed by atoms with Crippen LogP contribution in [-0.4, -0.2) is 31.1 Å². The second-order valence-electron chi connectivity index (χ2n) is 8.32. The van der Waals surface area contributed by atoms with E-state index < -0.39 is 5.82 Å². The zero-order valence-electron chi connectivity index (χ0n) is 18.6. The first-order valence-corrected chi connectivity index (χ1v) is 11.1. The van der Waals surface area contributed by atoms with E-state index in [4.69, 9.17) is 4.74 Å². The van der Waals surface area contributed by atoms with Crippen LogP contribution < -0.4 is 10.9 Å². The van der Waals surface area contributed by atoms with Crippen LogP contribution in [0.5, 0.6) is 0 Å². The molecule has 9 heteroatoms. The lowest BCUT2D eigenvalue weighted by Gasteiger charge is -2.24. The predicted octanol–water partition coefficient (Wildman–Crippen LogP) is 4.25. The van der Waals surface area contributed by atoms with Crippen LogP contribution in [0.4, 0.5) is 10.2 Å². The molecule has 1 fully saturated rings. The lowest BCUT2D eigenvalue weighted by Crippen LogP contribution is -2.19. The third-order valence-electron chi connectivity index (χ3n) is 5.93. The van der Waals surface area contributed by atoms with E-state index in [-0.39, 0.29) is 24.2 Å². The molecule has 0 amide bonds. The molecule has 4 aromatic rings. The minimum atomic E-state index is -0.409. The number of nitrogens with zero attached hydrogens (tertiary/aromatic N) is 4. The third-order valence-corrected chi connectivity index (χ3v) is 5.93. The average Bonchev–Trinajstić information content (AvgIpc) is 3.23. The standard InChI is InChI=1S/C24H25FN6O2/c1-14-11-15(2)28-24(32)17(14)12-26-22-20-23(31(13-27-20)19-9-5-6-10-33-19)30-21(29-22)16-7-3-4-8-18(16)25/h3-4,7-8,11,13,19H,5-6,9-10,12H2,1-2H3,(H,28,32)(H,26,29,30). The maximum absolute atomic E-state index is 14.6. The number of aromatic nitrogens is 5. The first-order chi connectivity index (χ1) is 16.0. The number of rotatable bonds is 5. The van der Waals surface area contributed by atoms with E-state index >= 15 is 0 Å². The number of nitrogens with one attached hydrogen (secondary N) is 2. The van der Waals surface area contributed by atoms with Crippen molar-refractivity contribution in [2.75, 3.05) is 11.9 Å². The van der Waals surface area contributed by atoms with Crippen LogP contribution in [0.3, 0.4) is 0 Å². The number of fused-ring (bicyclic) bond motifs is 1. The Bertz CT molecular complexity index is 1370. The molecule has 0 saturated carbocycles. The second kappa shape index (κ2) is 8.74. The number of imidazole rings is 1. The summed E-state index contributed by atoms with van der Waals surface area (Å²) in [7, 11) is 0. The molecule has 33 heavy (non-hydrogen) atoms. The lowest BCUT2D eigenvalue weighted by molar-refractivity contribution is -0.0298. The van der Waals surface area contributed by atoms with Crippen molar-refractivity contribution in [2.45, 2.75) is 45.9 Å². The smallest absolute Gasteiger partial charge is 0.253 e. The fourth-order valence-corrected chi connectivity index (χ4v) is 4.23. The van der Waals surface area contributed by atoms with Gasteiger partial charge >= 0.3 is 0 Å². The van der Waals surface area contributed by atoms with Crippen LogP contribution in [0.2, 0.25) is 0 Å². The minimum Gasteiger partial charge on any atom is -0.364 e. The first-order valence-electron chi connectivity index (χ1n) is 11.1. The van der Waals surface area contributed by atoms with Crippen LogP contribution >= 0.6 is 0 Å². The largest absolute Gasteiger partial charge is 0.364 e. The number of aromatic amines is 1. The van der Waals surface area contributed by atoms with Gasteiger partial charge in [0.25, 0.3) is 5.56 Å². The van der Waals surface area contributed by atoms with Crippen molar-refractivity contribution >= 4 is 17.0 Å². The van der Waals surface area contributed by atoms with Gasteiger partial charge in [-0.15, -0.1) is 0 Å².